The lowest BCUT2D eigenvalue weighted by molar-refractivity contribution is -0.146. The van der Waals surface area contributed by atoms with Gasteiger partial charge in [0.2, 0.25) is 0 Å². The maximum Gasteiger partial charge on any atom is 0.336 e. The van der Waals surface area contributed by atoms with Crippen molar-refractivity contribution >= 4 is 11.9 Å². The summed E-state index contributed by atoms with van der Waals surface area (Å²) in [6, 6.07) is 0. The smallest absolute Gasteiger partial charge is 0.336 e. The molecule has 0 rings (SSSR count). The van der Waals surface area contributed by atoms with E-state index in [4.69, 9.17) is 4.74 Å². The predicted molar refractivity (Wildman–Crippen MR) is 42.4 cm³/mol. The van der Waals surface area contributed by atoms with Crippen LogP contribution in [0.3, 0.4) is 0 Å². The van der Waals surface area contributed by atoms with E-state index < -0.39 is 18.0 Å². The first-order valence-electron chi connectivity index (χ1n) is 3.43. The van der Waals surface area contributed by atoms with Crippen LogP contribution in [0.25, 0.3) is 0 Å². The second kappa shape index (κ2) is 4.54. The molecule has 4 nitrogen and oxygen atoms in total. The fourth-order valence-corrected chi connectivity index (χ4v) is 0.617. The second-order valence-electron chi connectivity index (χ2n) is 2.27. The number of carbonyl (C=O) groups is 2. The Bertz CT molecular complexity index is 207. The van der Waals surface area contributed by atoms with Gasteiger partial charge in [-0.15, -0.1) is 0 Å². The standard InChI is InChI=1S/C8H12O4/c1-5(8(10)11-4)6(2)12-7(3)9/h6H,1H2,2-4H3. The average molecular weight is 172 g/mol. The maximum atomic E-state index is 10.8. The SMILES string of the molecule is C=C(C(=O)OC)C(C)OC(C)=O. The van der Waals surface area contributed by atoms with E-state index in [2.05, 4.69) is 11.3 Å². The van der Waals surface area contributed by atoms with Gasteiger partial charge < -0.3 is 9.47 Å². The van der Waals surface area contributed by atoms with Crippen LogP contribution in [0.2, 0.25) is 0 Å². The van der Waals surface area contributed by atoms with Crippen LogP contribution >= 0.6 is 0 Å². The van der Waals surface area contributed by atoms with E-state index in [1.165, 1.54) is 14.0 Å². The lowest BCUT2D eigenvalue weighted by Crippen LogP contribution is -2.20. The molecule has 68 valence electrons. The molecule has 12 heavy (non-hydrogen) atoms. The molecule has 0 amide bonds. The Morgan fingerprint density at radius 2 is 1.92 bits per heavy atom. The molecule has 0 saturated heterocycles. The highest BCUT2D eigenvalue weighted by Crippen LogP contribution is 2.05. The molecule has 0 bridgehead atoms. The summed E-state index contributed by atoms with van der Waals surface area (Å²) in [5.41, 5.74) is 0.132. The third-order valence-electron chi connectivity index (χ3n) is 1.28. The van der Waals surface area contributed by atoms with Gasteiger partial charge in [-0.2, -0.15) is 0 Å². The van der Waals surface area contributed by atoms with E-state index >= 15 is 0 Å². The number of esters is 2. The van der Waals surface area contributed by atoms with Crippen molar-refractivity contribution in [2.75, 3.05) is 7.11 Å². The van der Waals surface area contributed by atoms with Gasteiger partial charge in [-0.1, -0.05) is 6.58 Å². The van der Waals surface area contributed by atoms with E-state index in [9.17, 15) is 9.59 Å². The van der Waals surface area contributed by atoms with Gasteiger partial charge in [0, 0.05) is 6.92 Å². The van der Waals surface area contributed by atoms with Crippen LogP contribution in [0.15, 0.2) is 12.2 Å². The molecule has 1 unspecified atom stereocenters. The van der Waals surface area contributed by atoms with Crippen LogP contribution < -0.4 is 0 Å². The summed E-state index contributed by atoms with van der Waals surface area (Å²) in [5.74, 6) is -1.02. The lowest BCUT2D eigenvalue weighted by atomic mass is 10.2. The third-order valence-corrected chi connectivity index (χ3v) is 1.28. The molecule has 0 aliphatic heterocycles. The van der Waals surface area contributed by atoms with Crippen LogP contribution in [0.5, 0.6) is 0 Å². The van der Waals surface area contributed by atoms with E-state index in [1.807, 2.05) is 0 Å². The minimum Gasteiger partial charge on any atom is -0.466 e. The van der Waals surface area contributed by atoms with E-state index in [-0.39, 0.29) is 5.57 Å². The van der Waals surface area contributed by atoms with E-state index in [0.29, 0.717) is 0 Å². The Balaban J connectivity index is 4.10. The molecule has 0 aliphatic rings. The molecule has 0 aromatic rings. The zero-order valence-corrected chi connectivity index (χ0v) is 7.42. The van der Waals surface area contributed by atoms with Crippen molar-refractivity contribution in [3.63, 3.8) is 0 Å². The predicted octanol–water partition coefficient (Wildman–Crippen LogP) is 0.667. The first-order valence-corrected chi connectivity index (χ1v) is 3.43. The van der Waals surface area contributed by atoms with Crippen molar-refractivity contribution in [1.82, 2.24) is 0 Å². The van der Waals surface area contributed by atoms with Gasteiger partial charge in [0.15, 0.2) is 0 Å². The van der Waals surface area contributed by atoms with Crippen molar-refractivity contribution in [2.24, 2.45) is 0 Å². The molecule has 0 saturated carbocycles. The minimum atomic E-state index is -0.630. The van der Waals surface area contributed by atoms with Crippen LogP contribution in [0, 0.1) is 0 Å². The quantitative estimate of drug-likeness (QED) is 0.463. The minimum absolute atomic E-state index is 0.132. The third kappa shape index (κ3) is 3.18. The lowest BCUT2D eigenvalue weighted by Gasteiger charge is -2.12. The Morgan fingerprint density at radius 3 is 2.25 bits per heavy atom. The van der Waals surface area contributed by atoms with Gasteiger partial charge in [-0.25, -0.2) is 4.79 Å². The van der Waals surface area contributed by atoms with Crippen LogP contribution in [0.4, 0.5) is 0 Å². The molecular weight excluding hydrogens is 160 g/mol. The summed E-state index contributed by atoms with van der Waals surface area (Å²) >= 11 is 0. The summed E-state index contributed by atoms with van der Waals surface area (Å²) in [6.45, 7) is 6.25. The zero-order valence-electron chi connectivity index (χ0n) is 7.42. The molecule has 0 heterocycles. The molecule has 1 atom stereocenters. The number of rotatable bonds is 3. The van der Waals surface area contributed by atoms with Crippen molar-refractivity contribution < 1.29 is 19.1 Å². The number of ether oxygens (including phenoxy) is 2. The molecule has 0 aromatic carbocycles. The van der Waals surface area contributed by atoms with E-state index in [0.717, 1.165) is 0 Å². The Morgan fingerprint density at radius 1 is 1.42 bits per heavy atom. The van der Waals surface area contributed by atoms with Crippen LogP contribution in [-0.4, -0.2) is 25.2 Å². The highest BCUT2D eigenvalue weighted by atomic mass is 16.6. The van der Waals surface area contributed by atoms with Gasteiger partial charge in [0.25, 0.3) is 0 Å². The van der Waals surface area contributed by atoms with Gasteiger partial charge in [-0.05, 0) is 6.92 Å². The van der Waals surface area contributed by atoms with Crippen molar-refractivity contribution in [3.05, 3.63) is 12.2 Å². The average Bonchev–Trinajstić information content (AvgIpc) is 2.00. The van der Waals surface area contributed by atoms with Crippen molar-refractivity contribution in [2.45, 2.75) is 20.0 Å². The first-order chi connectivity index (χ1) is 5.49. The summed E-state index contributed by atoms with van der Waals surface area (Å²) in [6.07, 6.45) is -0.630. The van der Waals surface area contributed by atoms with Crippen molar-refractivity contribution in [3.8, 4) is 0 Å². The van der Waals surface area contributed by atoms with Crippen molar-refractivity contribution in [1.29, 1.82) is 0 Å². The fraction of sp³-hybridized carbons (Fsp3) is 0.500. The number of hydrogen-bond donors (Lipinski definition) is 0. The largest absolute Gasteiger partial charge is 0.466 e. The topological polar surface area (TPSA) is 52.6 Å². The Kier molecular flexibility index (Phi) is 4.04. The monoisotopic (exact) mass is 172 g/mol. The highest BCUT2D eigenvalue weighted by molar-refractivity contribution is 5.89. The van der Waals surface area contributed by atoms with Gasteiger partial charge in [0.05, 0.1) is 12.7 Å². The molecule has 0 fully saturated rings. The molecule has 0 aromatic heterocycles. The van der Waals surface area contributed by atoms with E-state index in [1.54, 1.807) is 6.92 Å². The molecule has 4 heteroatoms. The molecular formula is C8H12O4. The maximum absolute atomic E-state index is 10.8. The molecule has 0 N–H and O–H groups in total. The summed E-state index contributed by atoms with van der Waals surface area (Å²) in [4.78, 5) is 21.3. The summed E-state index contributed by atoms with van der Waals surface area (Å²) in [5, 5.41) is 0. The normalized spacial score (nSPS) is 11.6. The molecule has 0 radical (unpaired) electrons. The Hall–Kier alpha value is -1.32. The van der Waals surface area contributed by atoms with Crippen LogP contribution in [-0.2, 0) is 19.1 Å². The zero-order chi connectivity index (χ0) is 9.72. The fourth-order valence-electron chi connectivity index (χ4n) is 0.617. The van der Waals surface area contributed by atoms with Crippen LogP contribution in [0.1, 0.15) is 13.8 Å². The number of carbonyl (C=O) groups excluding carboxylic acids is 2. The number of methoxy groups -OCH3 is 1. The highest BCUT2D eigenvalue weighted by Gasteiger charge is 2.16. The molecule has 0 spiro atoms. The molecule has 0 aliphatic carbocycles. The van der Waals surface area contributed by atoms with Gasteiger partial charge in [0.1, 0.15) is 6.10 Å². The summed E-state index contributed by atoms with van der Waals surface area (Å²) < 4.78 is 9.08. The van der Waals surface area contributed by atoms with Gasteiger partial charge in [-0.3, -0.25) is 4.79 Å². The van der Waals surface area contributed by atoms with Gasteiger partial charge >= 0.3 is 11.9 Å². The first kappa shape index (κ1) is 10.7. The summed E-state index contributed by atoms with van der Waals surface area (Å²) in [7, 11) is 1.24. The second-order valence-corrected chi connectivity index (χ2v) is 2.27. The number of hydrogen-bond acceptors (Lipinski definition) is 4. The Labute approximate surface area is 71.2 Å².